The highest BCUT2D eigenvalue weighted by atomic mass is 35.5. The molecule has 0 saturated heterocycles. The number of amides is 1. The molecule has 0 aliphatic carbocycles. The zero-order valence-corrected chi connectivity index (χ0v) is 13.2. The summed E-state index contributed by atoms with van der Waals surface area (Å²) in [6.07, 6.45) is 0. The summed E-state index contributed by atoms with van der Waals surface area (Å²) in [5.74, 6) is -0.114. The highest BCUT2D eigenvalue weighted by Gasteiger charge is 2.20. The molecule has 2 aromatic carbocycles. The lowest BCUT2D eigenvalue weighted by Gasteiger charge is -2.26. The number of nitrogens with two attached hydrogens (primary N) is 1. The maximum atomic E-state index is 12.6. The number of hydrogen-bond donors (Lipinski definition) is 1. The van der Waals surface area contributed by atoms with Gasteiger partial charge in [-0.3, -0.25) is 4.79 Å². The molecule has 21 heavy (non-hydrogen) atoms. The second-order valence-corrected chi connectivity index (χ2v) is 5.67. The number of nitrogens with zero attached hydrogens (tertiary/aromatic N) is 1. The summed E-state index contributed by atoms with van der Waals surface area (Å²) < 4.78 is 0. The highest BCUT2D eigenvalue weighted by Crippen LogP contribution is 2.24. The van der Waals surface area contributed by atoms with Gasteiger partial charge in [0, 0.05) is 17.8 Å². The average molecular weight is 303 g/mol. The Balaban J connectivity index is 2.24. The number of carbonyl (C=O) groups excluding carboxylic acids is 1. The molecule has 2 rings (SSSR count). The minimum absolute atomic E-state index is 0.0341. The van der Waals surface area contributed by atoms with Crippen molar-refractivity contribution in [1.29, 1.82) is 0 Å². The van der Waals surface area contributed by atoms with E-state index in [-0.39, 0.29) is 11.9 Å². The number of carbonyl (C=O) groups is 1. The van der Waals surface area contributed by atoms with E-state index in [0.29, 0.717) is 16.3 Å². The highest BCUT2D eigenvalue weighted by molar-refractivity contribution is 6.31. The summed E-state index contributed by atoms with van der Waals surface area (Å²) in [6, 6.07) is 13.1. The third-order valence-electron chi connectivity index (χ3n) is 3.71. The molecular formula is C17H19ClN2O. The third-order valence-corrected chi connectivity index (χ3v) is 3.94. The van der Waals surface area contributed by atoms with Gasteiger partial charge in [-0.1, -0.05) is 41.4 Å². The Kier molecular flexibility index (Phi) is 4.53. The van der Waals surface area contributed by atoms with Crippen LogP contribution in [-0.2, 0) is 0 Å². The first kappa shape index (κ1) is 15.4. The van der Waals surface area contributed by atoms with Crippen LogP contribution >= 0.6 is 11.6 Å². The Bertz CT molecular complexity index is 652. The van der Waals surface area contributed by atoms with E-state index >= 15 is 0 Å². The van der Waals surface area contributed by atoms with Gasteiger partial charge in [0.2, 0.25) is 0 Å². The first-order valence-electron chi connectivity index (χ1n) is 6.79. The minimum Gasteiger partial charge on any atom is -0.398 e. The fraction of sp³-hybridized carbons (Fsp3) is 0.235. The topological polar surface area (TPSA) is 46.3 Å². The Morgan fingerprint density at radius 2 is 1.81 bits per heavy atom. The van der Waals surface area contributed by atoms with E-state index in [4.69, 9.17) is 17.3 Å². The second kappa shape index (κ2) is 6.19. The molecule has 3 nitrogen and oxygen atoms in total. The van der Waals surface area contributed by atoms with E-state index < -0.39 is 0 Å². The molecule has 2 aromatic rings. The molecule has 0 aromatic heterocycles. The van der Waals surface area contributed by atoms with Crippen molar-refractivity contribution in [3.05, 3.63) is 64.2 Å². The van der Waals surface area contributed by atoms with Gasteiger partial charge in [-0.2, -0.15) is 0 Å². The lowest BCUT2D eigenvalue weighted by Crippen LogP contribution is -2.30. The van der Waals surface area contributed by atoms with E-state index in [0.717, 1.165) is 5.56 Å². The normalized spacial score (nSPS) is 12.0. The van der Waals surface area contributed by atoms with Crippen LogP contribution in [0.15, 0.2) is 42.5 Å². The van der Waals surface area contributed by atoms with E-state index in [1.807, 2.05) is 38.1 Å². The van der Waals surface area contributed by atoms with Crippen molar-refractivity contribution in [3.8, 4) is 0 Å². The molecule has 0 radical (unpaired) electrons. The molecule has 0 aliphatic heterocycles. The van der Waals surface area contributed by atoms with Crippen LogP contribution in [0.4, 0.5) is 5.69 Å². The van der Waals surface area contributed by atoms with Crippen molar-refractivity contribution >= 4 is 23.2 Å². The molecule has 4 heteroatoms. The van der Waals surface area contributed by atoms with Crippen molar-refractivity contribution in [1.82, 2.24) is 4.90 Å². The molecule has 110 valence electrons. The number of halogens is 1. The van der Waals surface area contributed by atoms with E-state index in [1.165, 1.54) is 5.56 Å². The van der Waals surface area contributed by atoms with E-state index in [9.17, 15) is 4.79 Å². The van der Waals surface area contributed by atoms with Gasteiger partial charge >= 0.3 is 0 Å². The van der Waals surface area contributed by atoms with Gasteiger partial charge in [-0.15, -0.1) is 0 Å². The molecule has 2 N–H and O–H groups in total. The van der Waals surface area contributed by atoms with Gasteiger partial charge in [0.1, 0.15) is 0 Å². The Hall–Kier alpha value is -2.00. The van der Waals surface area contributed by atoms with Gasteiger partial charge in [0.05, 0.1) is 11.6 Å². The van der Waals surface area contributed by atoms with Crippen LogP contribution in [0, 0.1) is 6.92 Å². The van der Waals surface area contributed by atoms with Gasteiger partial charge in [-0.05, 0) is 37.6 Å². The van der Waals surface area contributed by atoms with Gasteiger partial charge in [0.25, 0.3) is 5.91 Å². The second-order valence-electron chi connectivity index (χ2n) is 5.23. The summed E-state index contributed by atoms with van der Waals surface area (Å²) in [7, 11) is 1.78. The number of anilines is 1. The monoisotopic (exact) mass is 302 g/mol. The number of rotatable bonds is 3. The van der Waals surface area contributed by atoms with Crippen molar-refractivity contribution in [3.63, 3.8) is 0 Å². The van der Waals surface area contributed by atoms with Crippen molar-refractivity contribution in [2.24, 2.45) is 0 Å². The van der Waals surface area contributed by atoms with Crippen LogP contribution in [0.2, 0.25) is 5.02 Å². The average Bonchev–Trinajstić information content (AvgIpc) is 2.46. The smallest absolute Gasteiger partial charge is 0.256 e. The maximum Gasteiger partial charge on any atom is 0.256 e. The summed E-state index contributed by atoms with van der Waals surface area (Å²) in [4.78, 5) is 14.2. The molecule has 0 fully saturated rings. The molecule has 1 amide bonds. The van der Waals surface area contributed by atoms with E-state index in [1.54, 1.807) is 30.1 Å². The molecule has 1 unspecified atom stereocenters. The zero-order chi connectivity index (χ0) is 15.6. The predicted molar refractivity (Wildman–Crippen MR) is 87.6 cm³/mol. The third kappa shape index (κ3) is 3.37. The SMILES string of the molecule is Cc1ccc(C(C)N(C)C(=O)c2ccc(Cl)cc2N)cc1. The van der Waals surface area contributed by atoms with Gasteiger partial charge < -0.3 is 10.6 Å². The first-order valence-corrected chi connectivity index (χ1v) is 7.16. The Labute approximate surface area is 130 Å². The summed E-state index contributed by atoms with van der Waals surface area (Å²) >= 11 is 5.87. The van der Waals surface area contributed by atoms with Gasteiger partial charge in [-0.25, -0.2) is 0 Å². The molecule has 0 spiro atoms. The lowest BCUT2D eigenvalue weighted by atomic mass is 10.0. The maximum absolute atomic E-state index is 12.6. The van der Waals surface area contributed by atoms with Crippen molar-refractivity contribution in [2.45, 2.75) is 19.9 Å². The number of hydrogen-bond acceptors (Lipinski definition) is 2. The van der Waals surface area contributed by atoms with Crippen LogP contribution < -0.4 is 5.73 Å². The standard InChI is InChI=1S/C17H19ClN2O/c1-11-4-6-13(7-5-11)12(2)20(3)17(21)15-9-8-14(18)10-16(15)19/h4-10,12H,19H2,1-3H3. The summed E-state index contributed by atoms with van der Waals surface area (Å²) in [5, 5.41) is 0.526. The number of benzene rings is 2. The van der Waals surface area contributed by atoms with Crippen molar-refractivity contribution in [2.75, 3.05) is 12.8 Å². The Morgan fingerprint density at radius 3 is 2.38 bits per heavy atom. The Morgan fingerprint density at radius 1 is 1.19 bits per heavy atom. The van der Waals surface area contributed by atoms with Crippen LogP contribution in [-0.4, -0.2) is 17.9 Å². The number of nitrogen functional groups attached to an aromatic ring is 1. The van der Waals surface area contributed by atoms with Crippen LogP contribution in [0.5, 0.6) is 0 Å². The molecule has 0 bridgehead atoms. The van der Waals surface area contributed by atoms with Crippen LogP contribution in [0.3, 0.4) is 0 Å². The van der Waals surface area contributed by atoms with E-state index in [2.05, 4.69) is 0 Å². The van der Waals surface area contributed by atoms with Crippen molar-refractivity contribution < 1.29 is 4.79 Å². The predicted octanol–water partition coefficient (Wildman–Crippen LogP) is 4.06. The molecule has 0 aliphatic rings. The molecule has 0 heterocycles. The first-order chi connectivity index (χ1) is 9.90. The summed E-state index contributed by atoms with van der Waals surface area (Å²) in [5.41, 5.74) is 9.04. The molecular weight excluding hydrogens is 284 g/mol. The fourth-order valence-electron chi connectivity index (χ4n) is 2.16. The largest absolute Gasteiger partial charge is 0.398 e. The quantitative estimate of drug-likeness (QED) is 0.869. The molecule has 0 saturated carbocycles. The van der Waals surface area contributed by atoms with Gasteiger partial charge in [0.15, 0.2) is 0 Å². The summed E-state index contributed by atoms with van der Waals surface area (Å²) in [6.45, 7) is 4.03. The molecule has 1 atom stereocenters. The minimum atomic E-state index is -0.114. The van der Waals surface area contributed by atoms with Crippen LogP contribution in [0.25, 0.3) is 0 Å². The lowest BCUT2D eigenvalue weighted by molar-refractivity contribution is 0.0743. The number of aryl methyl sites for hydroxylation is 1. The fourth-order valence-corrected chi connectivity index (χ4v) is 2.34. The zero-order valence-electron chi connectivity index (χ0n) is 12.4. The van der Waals surface area contributed by atoms with Crippen LogP contribution in [0.1, 0.15) is 34.5 Å².